The predicted octanol–water partition coefficient (Wildman–Crippen LogP) is 3.98. The van der Waals surface area contributed by atoms with Gasteiger partial charge in [-0.3, -0.25) is 4.21 Å². The fourth-order valence-electron chi connectivity index (χ4n) is 4.46. The molecule has 9 heteroatoms. The van der Waals surface area contributed by atoms with Crippen LogP contribution in [0.15, 0.2) is 18.5 Å². The SMILES string of the molecule is CCCCCCCCCCCCCCCCCCOCC(CS(=O)CCOCC[N+](C)(C)C)Oc1ncccn1.[Cl-]. The van der Waals surface area contributed by atoms with Crippen LogP contribution >= 0.6 is 0 Å². The van der Waals surface area contributed by atoms with Crippen molar-refractivity contribution in [1.82, 2.24) is 9.97 Å². The van der Waals surface area contributed by atoms with Crippen LogP contribution in [0.3, 0.4) is 0 Å². The van der Waals surface area contributed by atoms with Gasteiger partial charge in [0, 0.05) is 35.6 Å². The monoisotopic (exact) mass is 619 g/mol. The zero-order valence-corrected chi connectivity index (χ0v) is 28.4. The van der Waals surface area contributed by atoms with Crippen LogP contribution < -0.4 is 17.1 Å². The van der Waals surface area contributed by atoms with Crippen LogP contribution in [0.4, 0.5) is 0 Å². The molecule has 0 fully saturated rings. The summed E-state index contributed by atoms with van der Waals surface area (Å²) in [6.45, 7) is 5.46. The average Bonchev–Trinajstić information content (AvgIpc) is 2.92. The van der Waals surface area contributed by atoms with E-state index in [1.54, 1.807) is 18.5 Å². The average molecular weight is 620 g/mol. The minimum Gasteiger partial charge on any atom is -1.00 e. The third-order valence-electron chi connectivity index (χ3n) is 6.99. The maximum absolute atomic E-state index is 12.6. The molecule has 1 aromatic heterocycles. The van der Waals surface area contributed by atoms with Crippen molar-refractivity contribution in [1.29, 1.82) is 0 Å². The summed E-state index contributed by atoms with van der Waals surface area (Å²) in [4.78, 5) is 8.30. The Morgan fingerprint density at radius 2 is 1.24 bits per heavy atom. The highest BCUT2D eigenvalue weighted by Gasteiger charge is 2.17. The number of nitrogens with zero attached hydrogens (tertiary/aromatic N) is 3. The zero-order chi connectivity index (χ0) is 29.2. The highest BCUT2D eigenvalue weighted by molar-refractivity contribution is 7.85. The molecule has 0 N–H and O–H groups in total. The lowest BCUT2D eigenvalue weighted by molar-refractivity contribution is -0.870. The zero-order valence-electron chi connectivity index (χ0n) is 26.8. The molecule has 0 spiro atoms. The van der Waals surface area contributed by atoms with Crippen molar-refractivity contribution in [2.24, 2.45) is 0 Å². The summed E-state index contributed by atoms with van der Waals surface area (Å²) >= 11 is 0. The van der Waals surface area contributed by atoms with E-state index in [4.69, 9.17) is 14.2 Å². The Bertz CT molecular complexity index is 710. The van der Waals surface area contributed by atoms with E-state index in [0.717, 1.165) is 17.4 Å². The molecular weight excluding hydrogens is 558 g/mol. The predicted molar refractivity (Wildman–Crippen MR) is 168 cm³/mol. The molecule has 0 aliphatic rings. The van der Waals surface area contributed by atoms with Gasteiger partial charge in [-0.15, -0.1) is 0 Å². The molecule has 2 atom stereocenters. The maximum Gasteiger partial charge on any atom is 0.316 e. The number of quaternary nitrogens is 1. The van der Waals surface area contributed by atoms with Gasteiger partial charge in [0.1, 0.15) is 12.6 Å². The van der Waals surface area contributed by atoms with E-state index in [2.05, 4.69) is 38.0 Å². The number of likely N-dealkylation sites (N-methyl/N-ethyl adjacent to an activating group) is 1. The summed E-state index contributed by atoms with van der Waals surface area (Å²) in [7, 11) is 5.34. The number of hydrogen-bond donors (Lipinski definition) is 0. The normalized spacial score (nSPS) is 13.1. The molecule has 0 aromatic carbocycles. The van der Waals surface area contributed by atoms with Crippen LogP contribution in [-0.4, -0.2) is 90.4 Å². The lowest BCUT2D eigenvalue weighted by atomic mass is 10.0. The first-order valence-corrected chi connectivity index (χ1v) is 17.6. The summed E-state index contributed by atoms with van der Waals surface area (Å²) in [5.74, 6) is 0.877. The molecule has 2 unspecified atom stereocenters. The molecular formula is C32H62ClN3O4S. The van der Waals surface area contributed by atoms with Gasteiger partial charge in [-0.2, -0.15) is 0 Å². The van der Waals surface area contributed by atoms with Gasteiger partial charge in [0.15, 0.2) is 0 Å². The highest BCUT2D eigenvalue weighted by Crippen LogP contribution is 2.14. The van der Waals surface area contributed by atoms with E-state index in [1.807, 2.05) is 0 Å². The standard InChI is InChI=1S/C32H62N3O4S.ClH/c1-5-6-7-8-9-10-11-12-13-14-15-16-17-18-19-20-25-38-29-31(39-32-33-22-21-23-34-32)30-40(36)28-27-37-26-24-35(2,3)4;/h21-23,31H,5-20,24-30H2,1-4H3;1H/q+1;/p-1. The van der Waals surface area contributed by atoms with Crippen LogP contribution in [0.1, 0.15) is 110 Å². The van der Waals surface area contributed by atoms with Crippen molar-refractivity contribution >= 4 is 10.8 Å². The molecule has 1 heterocycles. The Hall–Kier alpha value is -0.800. The van der Waals surface area contributed by atoms with E-state index in [-0.39, 0.29) is 18.5 Å². The van der Waals surface area contributed by atoms with Gasteiger partial charge in [0.2, 0.25) is 0 Å². The van der Waals surface area contributed by atoms with Gasteiger partial charge < -0.3 is 31.1 Å². The summed E-state index contributed by atoms with van der Waals surface area (Å²) < 4.78 is 31.0. The Kier molecular flexibility index (Phi) is 27.5. The van der Waals surface area contributed by atoms with Gasteiger partial charge in [0.25, 0.3) is 0 Å². The van der Waals surface area contributed by atoms with Crippen molar-refractivity contribution in [2.45, 2.75) is 116 Å². The van der Waals surface area contributed by atoms with Gasteiger partial charge >= 0.3 is 6.01 Å². The van der Waals surface area contributed by atoms with Gasteiger partial charge in [-0.1, -0.05) is 103 Å². The van der Waals surface area contributed by atoms with Crippen molar-refractivity contribution in [3.05, 3.63) is 18.5 Å². The van der Waals surface area contributed by atoms with Gasteiger partial charge in [0.05, 0.1) is 46.7 Å². The lowest BCUT2D eigenvalue weighted by Crippen LogP contribution is -3.00. The minimum absolute atomic E-state index is 0. The van der Waals surface area contributed by atoms with Crippen LogP contribution in [0.2, 0.25) is 0 Å². The second kappa shape index (κ2) is 28.0. The summed E-state index contributed by atoms with van der Waals surface area (Å²) in [6.07, 6.45) is 24.7. The van der Waals surface area contributed by atoms with E-state index in [0.29, 0.717) is 43.9 Å². The fourth-order valence-corrected chi connectivity index (χ4v) is 5.51. The van der Waals surface area contributed by atoms with Crippen LogP contribution in [-0.2, 0) is 20.3 Å². The molecule has 0 radical (unpaired) electrons. The van der Waals surface area contributed by atoms with Gasteiger partial charge in [-0.05, 0) is 12.5 Å². The third kappa shape index (κ3) is 27.8. The number of aromatic nitrogens is 2. The van der Waals surface area contributed by atoms with Crippen molar-refractivity contribution in [3.8, 4) is 6.01 Å². The molecule has 0 amide bonds. The summed E-state index contributed by atoms with van der Waals surface area (Å²) in [5.41, 5.74) is 0. The molecule has 0 saturated heterocycles. The quantitative estimate of drug-likeness (QED) is 0.0998. The van der Waals surface area contributed by atoms with Crippen LogP contribution in [0, 0.1) is 0 Å². The molecule has 41 heavy (non-hydrogen) atoms. The summed E-state index contributed by atoms with van der Waals surface area (Å²) in [5, 5.41) is 0. The Morgan fingerprint density at radius 3 is 1.76 bits per heavy atom. The molecule has 1 aromatic rings. The number of hydrogen-bond acceptors (Lipinski definition) is 6. The molecule has 7 nitrogen and oxygen atoms in total. The Morgan fingerprint density at radius 1 is 0.732 bits per heavy atom. The second-order valence-electron chi connectivity index (χ2n) is 12.1. The van der Waals surface area contributed by atoms with Crippen molar-refractivity contribution in [2.75, 3.05) is 65.6 Å². The number of unbranched alkanes of at least 4 members (excludes halogenated alkanes) is 15. The Balaban J connectivity index is 0.0000160. The van der Waals surface area contributed by atoms with Crippen LogP contribution in [0.25, 0.3) is 0 Å². The molecule has 0 saturated carbocycles. The summed E-state index contributed by atoms with van der Waals surface area (Å²) in [6, 6.07) is 2.05. The second-order valence-corrected chi connectivity index (χ2v) is 13.7. The highest BCUT2D eigenvalue weighted by atomic mass is 35.5. The molecule has 1 rings (SSSR count). The molecule has 242 valence electrons. The first-order valence-electron chi connectivity index (χ1n) is 16.2. The number of ether oxygens (including phenoxy) is 3. The number of halogens is 1. The van der Waals surface area contributed by atoms with E-state index < -0.39 is 10.8 Å². The van der Waals surface area contributed by atoms with Crippen molar-refractivity contribution < 1.29 is 35.3 Å². The number of rotatable bonds is 29. The van der Waals surface area contributed by atoms with Crippen LogP contribution in [0.5, 0.6) is 6.01 Å². The lowest BCUT2D eigenvalue weighted by Gasteiger charge is -2.23. The molecule has 0 aliphatic heterocycles. The maximum atomic E-state index is 12.6. The first kappa shape index (κ1) is 40.2. The minimum atomic E-state index is -1.06. The third-order valence-corrected chi connectivity index (χ3v) is 8.36. The largest absolute Gasteiger partial charge is 1.00 e. The smallest absolute Gasteiger partial charge is 0.316 e. The molecule has 0 aliphatic carbocycles. The van der Waals surface area contributed by atoms with Gasteiger partial charge in [-0.25, -0.2) is 9.97 Å². The first-order chi connectivity index (χ1) is 19.4. The molecule has 0 bridgehead atoms. The Labute approximate surface area is 261 Å². The van der Waals surface area contributed by atoms with E-state index in [9.17, 15) is 4.21 Å². The van der Waals surface area contributed by atoms with E-state index >= 15 is 0 Å². The fraction of sp³-hybridized carbons (Fsp3) is 0.875. The topological polar surface area (TPSA) is 70.5 Å². The van der Waals surface area contributed by atoms with E-state index in [1.165, 1.54) is 96.3 Å². The van der Waals surface area contributed by atoms with Crippen molar-refractivity contribution in [3.63, 3.8) is 0 Å².